The highest BCUT2D eigenvalue weighted by Gasteiger charge is 2.35. The lowest BCUT2D eigenvalue weighted by molar-refractivity contribution is -0.146. The molecule has 14 heteroatoms. The molecule has 3 unspecified atom stereocenters. The van der Waals surface area contributed by atoms with Crippen LogP contribution in [0.25, 0.3) is 0 Å². The summed E-state index contributed by atoms with van der Waals surface area (Å²) in [4.78, 5) is 38.9. The number of nitrogens with zero attached hydrogens (tertiary/aromatic N) is 2. The zero-order valence-electron chi connectivity index (χ0n) is 16.0. The smallest absolute Gasteiger partial charge is 0.356 e. The first-order valence-corrected chi connectivity index (χ1v) is 10.3. The predicted octanol–water partition coefficient (Wildman–Crippen LogP) is -1.59. The van der Waals surface area contributed by atoms with Gasteiger partial charge in [0.25, 0.3) is 0 Å². The summed E-state index contributed by atoms with van der Waals surface area (Å²) in [5.41, 5.74) is 10.3. The number of rotatable bonds is 8. The molecule has 1 aliphatic rings. The first-order chi connectivity index (χ1) is 13.6. The van der Waals surface area contributed by atoms with E-state index in [1.165, 1.54) is 23.8 Å². The highest BCUT2D eigenvalue weighted by atomic mass is 31.2. The maximum atomic E-state index is 12.6. The molecule has 1 aliphatic heterocycles. The Bertz CT molecular complexity index is 832. The molecule has 1 amide bonds. The molecule has 0 radical (unpaired) electrons. The fourth-order valence-corrected chi connectivity index (χ4v) is 3.65. The average molecular weight is 433 g/mol. The van der Waals surface area contributed by atoms with E-state index in [2.05, 4.69) is 15.0 Å². The van der Waals surface area contributed by atoms with Gasteiger partial charge in [-0.3, -0.25) is 13.9 Å². The standard InChI is InChI=1S/C15H24N5O8P/c1-9(16)13(21)18-11(14(22)25-2)7-28-29(24)8-26-10(6-27-29)5-20-4-3-12(17)19-15(20)23/h3-4,9-11H,5-8,16H2,1-2H3,(H,18,21)(H2,17,19,23)/t9?,10-,11?,29?/m1/s1. The van der Waals surface area contributed by atoms with E-state index in [4.69, 9.17) is 25.3 Å². The van der Waals surface area contributed by atoms with Crippen LogP contribution >= 0.6 is 7.60 Å². The summed E-state index contributed by atoms with van der Waals surface area (Å²) in [6, 6.07) is -0.618. The topological polar surface area (TPSA) is 187 Å². The molecule has 2 rings (SSSR count). The maximum Gasteiger partial charge on any atom is 0.356 e. The molecule has 29 heavy (non-hydrogen) atoms. The van der Waals surface area contributed by atoms with Crippen LogP contribution in [0.3, 0.4) is 0 Å². The van der Waals surface area contributed by atoms with Gasteiger partial charge in [0.05, 0.1) is 32.9 Å². The third kappa shape index (κ3) is 6.61. The van der Waals surface area contributed by atoms with Crippen molar-refractivity contribution in [1.82, 2.24) is 14.9 Å². The Balaban J connectivity index is 1.90. The second kappa shape index (κ2) is 9.94. The molecule has 2 heterocycles. The molecule has 1 fully saturated rings. The molecule has 0 aliphatic carbocycles. The number of anilines is 1. The lowest BCUT2D eigenvalue weighted by Gasteiger charge is -2.30. The molecule has 162 valence electrons. The summed E-state index contributed by atoms with van der Waals surface area (Å²) in [5.74, 6) is -1.30. The van der Waals surface area contributed by atoms with Crippen molar-refractivity contribution in [3.63, 3.8) is 0 Å². The van der Waals surface area contributed by atoms with Gasteiger partial charge < -0.3 is 35.3 Å². The van der Waals surface area contributed by atoms with Crippen molar-refractivity contribution in [3.8, 4) is 0 Å². The molecule has 13 nitrogen and oxygen atoms in total. The van der Waals surface area contributed by atoms with E-state index >= 15 is 0 Å². The van der Waals surface area contributed by atoms with Gasteiger partial charge in [0.15, 0.2) is 6.04 Å². The lowest BCUT2D eigenvalue weighted by Crippen LogP contribution is -2.49. The molecule has 0 saturated carbocycles. The van der Waals surface area contributed by atoms with Crippen LogP contribution in [0.4, 0.5) is 5.82 Å². The van der Waals surface area contributed by atoms with Crippen molar-refractivity contribution >= 4 is 25.3 Å². The van der Waals surface area contributed by atoms with Crippen LogP contribution in [-0.2, 0) is 39.2 Å². The second-order valence-corrected chi connectivity index (χ2v) is 8.28. The van der Waals surface area contributed by atoms with Crippen molar-refractivity contribution in [2.75, 3.05) is 32.4 Å². The Morgan fingerprint density at radius 2 is 2.24 bits per heavy atom. The van der Waals surface area contributed by atoms with E-state index in [0.29, 0.717) is 0 Å². The number of hydrogen-bond donors (Lipinski definition) is 3. The summed E-state index contributed by atoms with van der Waals surface area (Å²) in [7, 11) is -2.55. The fraction of sp³-hybridized carbons (Fsp3) is 0.600. The van der Waals surface area contributed by atoms with E-state index in [1.54, 1.807) is 0 Å². The van der Waals surface area contributed by atoms with Crippen LogP contribution in [0.1, 0.15) is 6.92 Å². The van der Waals surface area contributed by atoms with Crippen molar-refractivity contribution in [2.24, 2.45) is 5.73 Å². The summed E-state index contributed by atoms with van der Waals surface area (Å²) >= 11 is 0. The number of hydrogen-bond acceptors (Lipinski definition) is 11. The number of nitrogens with one attached hydrogen (secondary N) is 1. The third-order valence-corrected chi connectivity index (χ3v) is 5.43. The zero-order valence-corrected chi connectivity index (χ0v) is 16.9. The Morgan fingerprint density at radius 3 is 2.79 bits per heavy atom. The normalized spacial score (nSPS) is 23.8. The summed E-state index contributed by atoms with van der Waals surface area (Å²) in [6.45, 7) is 0.967. The maximum absolute atomic E-state index is 12.6. The molecular weight excluding hydrogens is 409 g/mol. The first kappa shape index (κ1) is 23.0. The minimum atomic E-state index is -3.68. The second-order valence-electron chi connectivity index (χ2n) is 6.28. The predicted molar refractivity (Wildman–Crippen MR) is 99.8 cm³/mol. The number of amides is 1. The Labute approximate surface area is 166 Å². The van der Waals surface area contributed by atoms with Gasteiger partial charge in [-0.1, -0.05) is 0 Å². The molecule has 4 atom stereocenters. The zero-order chi connectivity index (χ0) is 21.6. The lowest BCUT2D eigenvalue weighted by atomic mass is 10.2. The van der Waals surface area contributed by atoms with Crippen LogP contribution in [0.2, 0.25) is 0 Å². The molecule has 0 spiro atoms. The van der Waals surface area contributed by atoms with Crippen molar-refractivity contribution in [2.45, 2.75) is 31.7 Å². The summed E-state index contributed by atoms with van der Waals surface area (Å²) in [5, 5.41) is 2.34. The van der Waals surface area contributed by atoms with Crippen LogP contribution in [-0.4, -0.2) is 66.3 Å². The molecule has 0 bridgehead atoms. The Hall–Kier alpha value is -2.31. The molecule has 0 aromatic carbocycles. The number of nitrogens with two attached hydrogens (primary N) is 2. The molecule has 1 aromatic heterocycles. The third-order valence-electron chi connectivity index (χ3n) is 3.88. The quantitative estimate of drug-likeness (QED) is 0.317. The Morgan fingerprint density at radius 1 is 1.52 bits per heavy atom. The monoisotopic (exact) mass is 433 g/mol. The molecule has 1 aromatic rings. The van der Waals surface area contributed by atoms with Crippen molar-refractivity contribution in [3.05, 3.63) is 22.7 Å². The molecule has 1 saturated heterocycles. The van der Waals surface area contributed by atoms with Crippen LogP contribution in [0, 0.1) is 0 Å². The summed E-state index contributed by atoms with van der Waals surface area (Å²) in [6.07, 6.45) is 0.489. The minimum Gasteiger partial charge on any atom is -0.467 e. The number of esters is 1. The number of carbonyl (C=O) groups is 2. The minimum absolute atomic E-state index is 0.0984. The van der Waals surface area contributed by atoms with E-state index < -0.39 is 56.3 Å². The fourth-order valence-electron chi connectivity index (χ4n) is 2.26. The number of nitrogen functional groups attached to an aromatic ring is 1. The first-order valence-electron chi connectivity index (χ1n) is 8.60. The van der Waals surface area contributed by atoms with Gasteiger partial charge in [0.2, 0.25) is 5.91 Å². The van der Waals surface area contributed by atoms with E-state index in [0.717, 1.165) is 7.11 Å². The molecular formula is C15H24N5O8P. The molecule has 5 N–H and O–H groups in total. The highest BCUT2D eigenvalue weighted by Crippen LogP contribution is 2.50. The number of ether oxygens (including phenoxy) is 2. The van der Waals surface area contributed by atoms with Gasteiger partial charge in [-0.2, -0.15) is 4.98 Å². The van der Waals surface area contributed by atoms with Crippen LogP contribution < -0.4 is 22.5 Å². The Kier molecular flexibility index (Phi) is 7.88. The van der Waals surface area contributed by atoms with E-state index in [1.807, 2.05) is 0 Å². The van der Waals surface area contributed by atoms with Crippen LogP contribution in [0.5, 0.6) is 0 Å². The van der Waals surface area contributed by atoms with Crippen molar-refractivity contribution in [1.29, 1.82) is 0 Å². The SMILES string of the molecule is COC(=O)C(COP1(=O)CO[C@H](Cn2ccc(N)nc2=O)CO1)NC(=O)C(C)N. The number of aromatic nitrogens is 2. The van der Waals surface area contributed by atoms with Crippen molar-refractivity contribution < 1.29 is 32.7 Å². The highest BCUT2D eigenvalue weighted by molar-refractivity contribution is 7.53. The van der Waals surface area contributed by atoms with Gasteiger partial charge in [-0.25, -0.2) is 9.59 Å². The van der Waals surface area contributed by atoms with Crippen LogP contribution in [0.15, 0.2) is 17.1 Å². The van der Waals surface area contributed by atoms with Gasteiger partial charge in [0, 0.05) is 6.20 Å². The van der Waals surface area contributed by atoms with Gasteiger partial charge in [-0.05, 0) is 13.0 Å². The average Bonchev–Trinajstić information content (AvgIpc) is 2.68. The largest absolute Gasteiger partial charge is 0.467 e. The van der Waals surface area contributed by atoms with E-state index in [9.17, 15) is 18.9 Å². The van der Waals surface area contributed by atoms with E-state index in [-0.39, 0.29) is 19.0 Å². The van der Waals surface area contributed by atoms with Gasteiger partial charge >= 0.3 is 19.3 Å². The number of carbonyl (C=O) groups excluding carboxylic acids is 2. The summed E-state index contributed by atoms with van der Waals surface area (Å²) < 4.78 is 34.5. The van der Waals surface area contributed by atoms with Gasteiger partial charge in [-0.15, -0.1) is 0 Å². The number of methoxy groups -OCH3 is 1. The van der Waals surface area contributed by atoms with Gasteiger partial charge in [0.1, 0.15) is 18.3 Å².